The van der Waals surface area contributed by atoms with E-state index in [1.165, 1.54) is 11.1 Å². The van der Waals surface area contributed by atoms with E-state index >= 15 is 0 Å². The Bertz CT molecular complexity index is 980. The highest BCUT2D eigenvalue weighted by Crippen LogP contribution is 2.31. The van der Waals surface area contributed by atoms with Crippen molar-refractivity contribution in [1.82, 2.24) is 25.1 Å². The van der Waals surface area contributed by atoms with Gasteiger partial charge in [0.05, 0.1) is 12.0 Å². The molecule has 28 heavy (non-hydrogen) atoms. The molecule has 3 aromatic rings. The van der Waals surface area contributed by atoms with Crippen molar-refractivity contribution in [2.75, 3.05) is 18.0 Å². The first-order chi connectivity index (χ1) is 13.8. The number of aromatic nitrogens is 4. The van der Waals surface area contributed by atoms with Crippen LogP contribution in [0.5, 0.6) is 0 Å². The van der Waals surface area contributed by atoms with E-state index in [9.17, 15) is 4.79 Å². The summed E-state index contributed by atoms with van der Waals surface area (Å²) in [5.41, 5.74) is 2.64. The van der Waals surface area contributed by atoms with Crippen molar-refractivity contribution in [3.8, 4) is 5.82 Å². The van der Waals surface area contributed by atoms with Crippen LogP contribution in [0.25, 0.3) is 5.82 Å². The van der Waals surface area contributed by atoms with Crippen LogP contribution in [-0.2, 0) is 11.2 Å². The Kier molecular flexibility index (Phi) is 4.27. The second-order valence-corrected chi connectivity index (χ2v) is 7.44. The maximum absolute atomic E-state index is 12.7. The maximum Gasteiger partial charge on any atom is 0.227 e. The number of hydrogen-bond acceptors (Lipinski definition) is 5. The zero-order valence-corrected chi connectivity index (χ0v) is 15.5. The standard InChI is InChI=1S/C21H22N6O/c28-21(25-18-8-3-6-15-5-1-2-7-17(15)18)16-12-26(13-16)19-11-20(23-14-22-19)27-10-4-9-24-27/h1-2,4-5,7,9-11,14,16,18H,3,6,8,12-13H2,(H,25,28)/t18-/m0/s1. The molecule has 1 fully saturated rings. The molecule has 1 N–H and O–H groups in total. The lowest BCUT2D eigenvalue weighted by molar-refractivity contribution is -0.126. The highest BCUT2D eigenvalue weighted by molar-refractivity contribution is 5.82. The molecule has 1 atom stereocenters. The van der Waals surface area contributed by atoms with Gasteiger partial charge in [0.25, 0.3) is 0 Å². The van der Waals surface area contributed by atoms with Gasteiger partial charge in [-0.1, -0.05) is 24.3 Å². The van der Waals surface area contributed by atoms with Gasteiger partial charge in [0.2, 0.25) is 5.91 Å². The number of nitrogens with zero attached hydrogens (tertiary/aromatic N) is 5. The quantitative estimate of drug-likeness (QED) is 0.758. The van der Waals surface area contributed by atoms with Gasteiger partial charge < -0.3 is 10.2 Å². The van der Waals surface area contributed by atoms with E-state index in [0.29, 0.717) is 13.1 Å². The number of carbonyl (C=O) groups is 1. The van der Waals surface area contributed by atoms with Crippen molar-refractivity contribution in [3.05, 3.63) is 66.2 Å². The van der Waals surface area contributed by atoms with E-state index in [1.54, 1.807) is 17.2 Å². The van der Waals surface area contributed by atoms with Crippen molar-refractivity contribution >= 4 is 11.7 Å². The van der Waals surface area contributed by atoms with E-state index in [0.717, 1.165) is 30.9 Å². The van der Waals surface area contributed by atoms with Crippen LogP contribution >= 0.6 is 0 Å². The molecule has 2 aliphatic rings. The Morgan fingerprint density at radius 3 is 2.82 bits per heavy atom. The van der Waals surface area contributed by atoms with Gasteiger partial charge in [-0.3, -0.25) is 4.79 Å². The monoisotopic (exact) mass is 374 g/mol. The third-order valence-corrected chi connectivity index (χ3v) is 5.64. The van der Waals surface area contributed by atoms with Crippen molar-refractivity contribution in [3.63, 3.8) is 0 Å². The molecule has 1 aliphatic heterocycles. The summed E-state index contributed by atoms with van der Waals surface area (Å²) >= 11 is 0. The van der Waals surface area contributed by atoms with Gasteiger partial charge in [0, 0.05) is 31.5 Å². The van der Waals surface area contributed by atoms with Crippen molar-refractivity contribution in [1.29, 1.82) is 0 Å². The van der Waals surface area contributed by atoms with Crippen LogP contribution in [-0.4, -0.2) is 38.7 Å². The number of amides is 1. The summed E-state index contributed by atoms with van der Waals surface area (Å²) in [6, 6.07) is 12.3. The van der Waals surface area contributed by atoms with Crippen molar-refractivity contribution in [2.24, 2.45) is 5.92 Å². The molecular formula is C21H22N6O. The summed E-state index contributed by atoms with van der Waals surface area (Å²) < 4.78 is 1.70. The topological polar surface area (TPSA) is 75.9 Å². The van der Waals surface area contributed by atoms with Crippen LogP contribution in [0.15, 0.2) is 55.1 Å². The molecule has 5 rings (SSSR count). The number of hydrogen-bond donors (Lipinski definition) is 1. The predicted molar refractivity (Wildman–Crippen MR) is 105 cm³/mol. The SMILES string of the molecule is O=C(N[C@H]1CCCc2ccccc21)C1CN(c2cc(-n3cccn3)ncn2)C1. The first kappa shape index (κ1) is 16.9. The minimum Gasteiger partial charge on any atom is -0.355 e. The number of fused-ring (bicyclic) bond motifs is 1. The summed E-state index contributed by atoms with van der Waals surface area (Å²) in [4.78, 5) is 23.5. The van der Waals surface area contributed by atoms with Crippen LogP contribution in [0.1, 0.15) is 30.0 Å². The van der Waals surface area contributed by atoms with Gasteiger partial charge in [-0.15, -0.1) is 0 Å². The fourth-order valence-electron chi connectivity index (χ4n) is 4.06. The molecule has 7 nitrogen and oxygen atoms in total. The second-order valence-electron chi connectivity index (χ2n) is 7.44. The number of rotatable bonds is 4. The predicted octanol–water partition coefficient (Wildman–Crippen LogP) is 2.29. The van der Waals surface area contributed by atoms with Crippen LogP contribution < -0.4 is 10.2 Å². The summed E-state index contributed by atoms with van der Waals surface area (Å²) in [7, 11) is 0. The minimum absolute atomic E-state index is 0.00259. The summed E-state index contributed by atoms with van der Waals surface area (Å²) in [5, 5.41) is 7.47. The van der Waals surface area contributed by atoms with Crippen LogP contribution in [0.4, 0.5) is 5.82 Å². The molecule has 142 valence electrons. The summed E-state index contributed by atoms with van der Waals surface area (Å²) in [6.07, 6.45) is 8.34. The number of benzene rings is 1. The van der Waals surface area contributed by atoms with Gasteiger partial charge in [-0.25, -0.2) is 14.6 Å². The summed E-state index contributed by atoms with van der Waals surface area (Å²) in [5.74, 6) is 1.69. The molecule has 0 radical (unpaired) electrons. The second kappa shape index (κ2) is 7.07. The third kappa shape index (κ3) is 3.13. The van der Waals surface area contributed by atoms with Gasteiger partial charge >= 0.3 is 0 Å². The van der Waals surface area contributed by atoms with Gasteiger partial charge in [0.15, 0.2) is 5.82 Å². The Labute approximate surface area is 163 Å². The lowest BCUT2D eigenvalue weighted by Crippen LogP contribution is -2.54. The van der Waals surface area contributed by atoms with Crippen LogP contribution in [0, 0.1) is 5.92 Å². The molecular weight excluding hydrogens is 352 g/mol. The molecule has 1 saturated heterocycles. The zero-order valence-electron chi connectivity index (χ0n) is 15.5. The van der Waals surface area contributed by atoms with Gasteiger partial charge in [-0.2, -0.15) is 5.10 Å². The lowest BCUT2D eigenvalue weighted by Gasteiger charge is -2.40. The fourth-order valence-corrected chi connectivity index (χ4v) is 4.06. The number of aryl methyl sites for hydroxylation is 1. The molecule has 0 saturated carbocycles. The van der Waals surface area contributed by atoms with Crippen LogP contribution in [0.2, 0.25) is 0 Å². The van der Waals surface area contributed by atoms with Crippen molar-refractivity contribution < 1.29 is 4.79 Å². The Balaban J connectivity index is 1.22. The van der Waals surface area contributed by atoms with E-state index < -0.39 is 0 Å². The van der Waals surface area contributed by atoms with E-state index in [2.05, 4.69) is 49.5 Å². The Morgan fingerprint density at radius 2 is 1.96 bits per heavy atom. The number of nitrogens with one attached hydrogen (secondary N) is 1. The van der Waals surface area contributed by atoms with Gasteiger partial charge in [0.1, 0.15) is 12.1 Å². The molecule has 0 unspecified atom stereocenters. The minimum atomic E-state index is -0.00259. The molecule has 1 aliphatic carbocycles. The van der Waals surface area contributed by atoms with Crippen molar-refractivity contribution in [2.45, 2.75) is 25.3 Å². The average Bonchev–Trinajstić information content (AvgIpc) is 3.22. The highest BCUT2D eigenvalue weighted by Gasteiger charge is 2.35. The molecule has 0 spiro atoms. The zero-order chi connectivity index (χ0) is 18.9. The maximum atomic E-state index is 12.7. The number of carbonyl (C=O) groups excluding carboxylic acids is 1. The third-order valence-electron chi connectivity index (χ3n) is 5.64. The Morgan fingerprint density at radius 1 is 1.11 bits per heavy atom. The summed E-state index contributed by atoms with van der Waals surface area (Å²) in [6.45, 7) is 1.35. The molecule has 7 heteroatoms. The average molecular weight is 374 g/mol. The van der Waals surface area contributed by atoms with E-state index in [-0.39, 0.29) is 17.9 Å². The van der Waals surface area contributed by atoms with E-state index in [4.69, 9.17) is 0 Å². The molecule has 1 aromatic carbocycles. The van der Waals surface area contributed by atoms with E-state index in [1.807, 2.05) is 18.3 Å². The lowest BCUT2D eigenvalue weighted by atomic mass is 9.87. The molecule has 1 amide bonds. The van der Waals surface area contributed by atoms with Gasteiger partial charge in [-0.05, 0) is 36.5 Å². The first-order valence-electron chi connectivity index (χ1n) is 9.73. The molecule has 2 aromatic heterocycles. The highest BCUT2D eigenvalue weighted by atomic mass is 16.2. The first-order valence-corrected chi connectivity index (χ1v) is 9.73. The van der Waals surface area contributed by atoms with Crippen LogP contribution in [0.3, 0.4) is 0 Å². The molecule has 3 heterocycles. The normalized spacial score (nSPS) is 19.0. The smallest absolute Gasteiger partial charge is 0.227 e. The largest absolute Gasteiger partial charge is 0.355 e. The number of anilines is 1. The molecule has 0 bridgehead atoms. The fraction of sp³-hybridized carbons (Fsp3) is 0.333. The Hall–Kier alpha value is -3.22.